The lowest BCUT2D eigenvalue weighted by molar-refractivity contribution is -0.138. The first-order valence-corrected chi connectivity index (χ1v) is 8.90. The highest BCUT2D eigenvalue weighted by atomic mass is 35.5. The fourth-order valence-corrected chi connectivity index (χ4v) is 3.89. The van der Waals surface area contributed by atoms with Crippen LogP contribution in [0.25, 0.3) is 0 Å². The van der Waals surface area contributed by atoms with Gasteiger partial charge in [-0.1, -0.05) is 43.2 Å². The summed E-state index contributed by atoms with van der Waals surface area (Å²) in [5.41, 5.74) is 1.34. The van der Waals surface area contributed by atoms with Crippen LogP contribution in [0.3, 0.4) is 0 Å². The maximum Gasteiger partial charge on any atom is 0.226 e. The number of carbonyl (C=O) groups is 1. The predicted octanol–water partition coefficient (Wildman–Crippen LogP) is 3.42. The number of rotatable bonds is 5. The zero-order valence-corrected chi connectivity index (χ0v) is 14.7. The molecule has 23 heavy (non-hydrogen) atoms. The van der Waals surface area contributed by atoms with E-state index in [9.17, 15) is 4.79 Å². The number of nitrogens with one attached hydrogen (secondary N) is 1. The van der Waals surface area contributed by atoms with Crippen LogP contribution in [0.1, 0.15) is 44.1 Å². The Bertz CT molecular complexity index is 468. The van der Waals surface area contributed by atoms with Crippen LogP contribution in [0.15, 0.2) is 30.3 Å². The van der Waals surface area contributed by atoms with Gasteiger partial charge in [-0.15, -0.1) is 12.4 Å². The third kappa shape index (κ3) is 4.95. The highest BCUT2D eigenvalue weighted by Gasteiger charge is 2.31. The van der Waals surface area contributed by atoms with Crippen molar-refractivity contribution in [2.75, 3.05) is 19.6 Å². The first-order valence-electron chi connectivity index (χ1n) is 8.90. The van der Waals surface area contributed by atoms with E-state index in [0.717, 1.165) is 38.9 Å². The van der Waals surface area contributed by atoms with Crippen LogP contribution in [-0.4, -0.2) is 36.5 Å². The second-order valence-electron chi connectivity index (χ2n) is 6.73. The Morgan fingerprint density at radius 2 is 1.70 bits per heavy atom. The molecular formula is C19H29ClN2O. The second-order valence-corrected chi connectivity index (χ2v) is 6.73. The molecule has 2 fully saturated rings. The molecule has 0 atom stereocenters. The maximum absolute atomic E-state index is 13.0. The lowest BCUT2D eigenvalue weighted by Gasteiger charge is -2.34. The predicted molar refractivity (Wildman–Crippen MR) is 97.0 cm³/mol. The summed E-state index contributed by atoms with van der Waals surface area (Å²) in [5, 5.41) is 3.37. The van der Waals surface area contributed by atoms with Crippen molar-refractivity contribution >= 4 is 18.3 Å². The summed E-state index contributed by atoms with van der Waals surface area (Å²) >= 11 is 0. The normalized spacial score (nSPS) is 19.3. The van der Waals surface area contributed by atoms with Gasteiger partial charge < -0.3 is 10.2 Å². The van der Waals surface area contributed by atoms with Crippen molar-refractivity contribution in [3.05, 3.63) is 35.9 Å². The fourth-order valence-electron chi connectivity index (χ4n) is 3.89. The molecule has 1 aromatic rings. The van der Waals surface area contributed by atoms with Gasteiger partial charge in [0, 0.05) is 18.5 Å². The third-order valence-electron chi connectivity index (χ3n) is 5.22. The summed E-state index contributed by atoms with van der Waals surface area (Å²) in [6.45, 7) is 2.87. The van der Waals surface area contributed by atoms with E-state index in [1.54, 1.807) is 0 Å². The van der Waals surface area contributed by atoms with Gasteiger partial charge in [0.25, 0.3) is 0 Å². The first-order chi connectivity index (χ1) is 10.8. The highest BCUT2D eigenvalue weighted by Crippen LogP contribution is 2.27. The molecule has 2 aliphatic rings. The van der Waals surface area contributed by atoms with Gasteiger partial charge in [0.1, 0.15) is 0 Å². The molecule has 0 bridgehead atoms. The molecule has 128 valence electrons. The lowest BCUT2D eigenvalue weighted by Crippen LogP contribution is -2.46. The number of nitrogens with zero attached hydrogens (tertiary/aromatic N) is 1. The van der Waals surface area contributed by atoms with Crippen LogP contribution in [0.5, 0.6) is 0 Å². The Hall–Kier alpha value is -1.06. The number of amides is 1. The van der Waals surface area contributed by atoms with Crippen molar-refractivity contribution in [2.24, 2.45) is 5.92 Å². The summed E-state index contributed by atoms with van der Waals surface area (Å²) in [6, 6.07) is 11.1. The molecule has 0 unspecified atom stereocenters. The summed E-state index contributed by atoms with van der Waals surface area (Å²) in [6.07, 6.45) is 7.96. The second kappa shape index (κ2) is 9.29. The standard InChI is InChI=1S/C19H28N2O.ClH/c22-19(17-10-13-20-14-11-17)21(18-8-4-5-9-18)15-12-16-6-2-1-3-7-16;/h1-3,6-7,17-18,20H,4-5,8-15H2;1H. The SMILES string of the molecule is Cl.O=C(C1CCNCC1)N(CCc1ccccc1)C1CCCC1. The van der Waals surface area contributed by atoms with E-state index < -0.39 is 0 Å². The van der Waals surface area contributed by atoms with E-state index in [-0.39, 0.29) is 18.3 Å². The number of halogens is 1. The van der Waals surface area contributed by atoms with Gasteiger partial charge in [0.05, 0.1) is 0 Å². The fraction of sp³-hybridized carbons (Fsp3) is 0.632. The topological polar surface area (TPSA) is 32.3 Å². The van der Waals surface area contributed by atoms with E-state index in [0.29, 0.717) is 11.9 Å². The monoisotopic (exact) mass is 336 g/mol. The molecule has 0 spiro atoms. The molecule has 0 radical (unpaired) electrons. The highest BCUT2D eigenvalue weighted by molar-refractivity contribution is 5.85. The van der Waals surface area contributed by atoms with Crippen molar-refractivity contribution < 1.29 is 4.79 Å². The van der Waals surface area contributed by atoms with Crippen molar-refractivity contribution in [2.45, 2.75) is 51.0 Å². The quantitative estimate of drug-likeness (QED) is 0.893. The van der Waals surface area contributed by atoms with Gasteiger partial charge in [0.2, 0.25) is 5.91 Å². The summed E-state index contributed by atoms with van der Waals surface area (Å²) < 4.78 is 0. The molecule has 4 heteroatoms. The Morgan fingerprint density at radius 3 is 2.35 bits per heavy atom. The lowest BCUT2D eigenvalue weighted by atomic mass is 9.95. The van der Waals surface area contributed by atoms with Crippen LogP contribution in [-0.2, 0) is 11.2 Å². The Balaban J connectivity index is 0.00000192. The van der Waals surface area contributed by atoms with Gasteiger partial charge in [-0.25, -0.2) is 0 Å². The number of carbonyl (C=O) groups excluding carboxylic acids is 1. The summed E-state index contributed by atoms with van der Waals surface area (Å²) in [5.74, 6) is 0.668. The van der Waals surface area contributed by atoms with E-state index in [1.807, 2.05) is 0 Å². The number of benzene rings is 1. The molecule has 1 saturated heterocycles. The number of piperidine rings is 1. The Morgan fingerprint density at radius 1 is 1.04 bits per heavy atom. The van der Waals surface area contributed by atoms with Crippen LogP contribution in [0.4, 0.5) is 0 Å². The van der Waals surface area contributed by atoms with E-state index in [4.69, 9.17) is 0 Å². The van der Waals surface area contributed by atoms with Crippen LogP contribution in [0, 0.1) is 5.92 Å². The van der Waals surface area contributed by atoms with Gasteiger partial charge >= 0.3 is 0 Å². The Labute approximate surface area is 146 Å². The molecule has 1 amide bonds. The minimum Gasteiger partial charge on any atom is -0.339 e. The molecule has 0 aromatic heterocycles. The van der Waals surface area contributed by atoms with Crippen molar-refractivity contribution in [3.63, 3.8) is 0 Å². The molecule has 3 rings (SSSR count). The zero-order valence-electron chi connectivity index (χ0n) is 13.9. The minimum absolute atomic E-state index is 0. The van der Waals surface area contributed by atoms with Crippen molar-refractivity contribution in [3.8, 4) is 0 Å². The molecule has 1 aromatic carbocycles. The zero-order chi connectivity index (χ0) is 15.2. The average molecular weight is 337 g/mol. The average Bonchev–Trinajstić information content (AvgIpc) is 3.11. The van der Waals surface area contributed by atoms with E-state index >= 15 is 0 Å². The van der Waals surface area contributed by atoms with Gasteiger partial charge in [-0.2, -0.15) is 0 Å². The summed E-state index contributed by atoms with van der Waals surface area (Å²) in [7, 11) is 0. The maximum atomic E-state index is 13.0. The van der Waals surface area contributed by atoms with Crippen LogP contribution >= 0.6 is 12.4 Å². The van der Waals surface area contributed by atoms with Crippen molar-refractivity contribution in [1.29, 1.82) is 0 Å². The van der Waals surface area contributed by atoms with E-state index in [1.165, 1.54) is 31.2 Å². The Kier molecular flexibility index (Phi) is 7.38. The molecule has 1 aliphatic heterocycles. The van der Waals surface area contributed by atoms with Gasteiger partial charge in [0.15, 0.2) is 0 Å². The minimum atomic E-state index is 0. The number of hydrogen-bond donors (Lipinski definition) is 1. The molecule has 1 aliphatic carbocycles. The molecule has 1 heterocycles. The smallest absolute Gasteiger partial charge is 0.226 e. The number of hydrogen-bond acceptors (Lipinski definition) is 2. The van der Waals surface area contributed by atoms with E-state index in [2.05, 4.69) is 40.5 Å². The molecule has 1 saturated carbocycles. The largest absolute Gasteiger partial charge is 0.339 e. The van der Waals surface area contributed by atoms with Gasteiger partial charge in [-0.3, -0.25) is 4.79 Å². The molecule has 3 nitrogen and oxygen atoms in total. The van der Waals surface area contributed by atoms with Crippen LogP contribution in [0.2, 0.25) is 0 Å². The first kappa shape index (κ1) is 18.3. The third-order valence-corrected chi connectivity index (χ3v) is 5.22. The van der Waals surface area contributed by atoms with Crippen molar-refractivity contribution in [1.82, 2.24) is 10.2 Å². The molecule has 1 N–H and O–H groups in total. The molecular weight excluding hydrogens is 308 g/mol. The van der Waals surface area contributed by atoms with Gasteiger partial charge in [-0.05, 0) is 50.8 Å². The van der Waals surface area contributed by atoms with Crippen LogP contribution < -0.4 is 5.32 Å². The summed E-state index contributed by atoms with van der Waals surface area (Å²) in [4.78, 5) is 15.2.